The van der Waals surface area contributed by atoms with Crippen LogP contribution in [0.4, 0.5) is 23.7 Å². The van der Waals surface area contributed by atoms with E-state index in [2.05, 4.69) is 10.6 Å². The molecule has 4 nitrogen and oxygen atoms in total. The Hall–Kier alpha value is -1.76. The van der Waals surface area contributed by atoms with Gasteiger partial charge in [0.2, 0.25) is 0 Å². The van der Waals surface area contributed by atoms with Gasteiger partial charge in [-0.25, -0.2) is 4.79 Å². The predicted octanol–water partition coefficient (Wildman–Crippen LogP) is 3.20. The first-order chi connectivity index (χ1) is 9.74. The van der Waals surface area contributed by atoms with Crippen LogP contribution < -0.4 is 16.4 Å². The molecule has 0 saturated heterocycles. The maximum absolute atomic E-state index is 12.8. The molecule has 0 fully saturated rings. The van der Waals surface area contributed by atoms with Gasteiger partial charge in [0.25, 0.3) is 0 Å². The molecule has 0 bridgehead atoms. The van der Waals surface area contributed by atoms with E-state index in [4.69, 9.17) is 5.73 Å². The number of rotatable bonds is 5. The maximum Gasteiger partial charge on any atom is 0.418 e. The summed E-state index contributed by atoms with van der Waals surface area (Å²) in [5, 5.41) is 4.81. The lowest BCUT2D eigenvalue weighted by Gasteiger charge is -2.20. The number of carbonyl (C=O) groups excluding carboxylic acids is 1. The Morgan fingerprint density at radius 1 is 1.29 bits per heavy atom. The van der Waals surface area contributed by atoms with Crippen molar-refractivity contribution in [2.45, 2.75) is 32.5 Å². The first-order valence-corrected chi connectivity index (χ1v) is 6.67. The molecular formula is C14H20F3N3O. The van der Waals surface area contributed by atoms with Crippen molar-refractivity contribution in [2.24, 2.45) is 11.7 Å². The zero-order valence-corrected chi connectivity index (χ0v) is 12.0. The molecule has 0 aliphatic rings. The highest BCUT2D eigenvalue weighted by Gasteiger charge is 2.33. The number of hydrogen-bond acceptors (Lipinski definition) is 2. The fourth-order valence-corrected chi connectivity index (χ4v) is 1.97. The van der Waals surface area contributed by atoms with Crippen LogP contribution in [-0.4, -0.2) is 18.6 Å². The SMILES string of the molecule is CC(C)CC(CN)NC(=O)Nc1ccccc1C(F)(F)F. The van der Waals surface area contributed by atoms with Gasteiger partial charge in [0, 0.05) is 12.6 Å². The summed E-state index contributed by atoms with van der Waals surface area (Å²) in [5.74, 6) is 0.321. The Labute approximate surface area is 121 Å². The zero-order chi connectivity index (χ0) is 16.0. The Bertz CT molecular complexity index is 475. The number of hydrogen-bond donors (Lipinski definition) is 3. The molecule has 118 valence electrons. The van der Waals surface area contributed by atoms with Gasteiger partial charge in [-0.3, -0.25) is 0 Å². The van der Waals surface area contributed by atoms with Crippen LogP contribution in [0, 0.1) is 5.92 Å². The number of alkyl halides is 3. The summed E-state index contributed by atoms with van der Waals surface area (Å²) in [6.45, 7) is 4.18. The molecule has 1 unspecified atom stereocenters. The van der Waals surface area contributed by atoms with Crippen LogP contribution in [-0.2, 0) is 6.18 Å². The van der Waals surface area contributed by atoms with Gasteiger partial charge in [-0.2, -0.15) is 13.2 Å². The van der Waals surface area contributed by atoms with Crippen LogP contribution in [0.1, 0.15) is 25.8 Å². The highest BCUT2D eigenvalue weighted by Crippen LogP contribution is 2.34. The molecule has 4 N–H and O–H groups in total. The summed E-state index contributed by atoms with van der Waals surface area (Å²) in [7, 11) is 0. The van der Waals surface area contributed by atoms with Crippen LogP contribution in [0.15, 0.2) is 24.3 Å². The smallest absolute Gasteiger partial charge is 0.334 e. The van der Waals surface area contributed by atoms with Gasteiger partial charge in [0.1, 0.15) is 0 Å². The third-order valence-electron chi connectivity index (χ3n) is 2.86. The van der Waals surface area contributed by atoms with Crippen LogP contribution in [0.3, 0.4) is 0 Å². The number of urea groups is 1. The van der Waals surface area contributed by atoms with E-state index in [1.165, 1.54) is 18.2 Å². The van der Waals surface area contributed by atoms with E-state index >= 15 is 0 Å². The van der Waals surface area contributed by atoms with E-state index < -0.39 is 17.8 Å². The summed E-state index contributed by atoms with van der Waals surface area (Å²) < 4.78 is 38.4. The summed E-state index contributed by atoms with van der Waals surface area (Å²) in [6.07, 6.45) is -3.86. The number of nitrogens with one attached hydrogen (secondary N) is 2. The van der Waals surface area contributed by atoms with Gasteiger partial charge >= 0.3 is 12.2 Å². The molecule has 1 aromatic carbocycles. The Kier molecular flexibility index (Phi) is 6.02. The molecule has 0 spiro atoms. The van der Waals surface area contributed by atoms with Crippen molar-refractivity contribution in [2.75, 3.05) is 11.9 Å². The summed E-state index contributed by atoms with van der Waals surface area (Å²) >= 11 is 0. The highest BCUT2D eigenvalue weighted by molar-refractivity contribution is 5.90. The van der Waals surface area contributed by atoms with Gasteiger partial charge in [-0.1, -0.05) is 26.0 Å². The fraction of sp³-hybridized carbons (Fsp3) is 0.500. The van der Waals surface area contributed by atoms with Gasteiger partial charge < -0.3 is 16.4 Å². The second kappa shape index (κ2) is 7.31. The van der Waals surface area contributed by atoms with Crippen molar-refractivity contribution in [1.29, 1.82) is 0 Å². The average molecular weight is 303 g/mol. The molecule has 0 aliphatic carbocycles. The molecule has 0 radical (unpaired) electrons. The molecule has 1 aromatic rings. The Morgan fingerprint density at radius 2 is 1.90 bits per heavy atom. The van der Waals surface area contributed by atoms with E-state index in [-0.39, 0.29) is 18.3 Å². The van der Waals surface area contributed by atoms with Gasteiger partial charge in [-0.05, 0) is 24.5 Å². The lowest BCUT2D eigenvalue weighted by Crippen LogP contribution is -2.43. The Balaban J connectivity index is 2.75. The lowest BCUT2D eigenvalue weighted by atomic mass is 10.0. The monoisotopic (exact) mass is 303 g/mol. The third-order valence-corrected chi connectivity index (χ3v) is 2.86. The van der Waals surface area contributed by atoms with E-state index in [1.807, 2.05) is 13.8 Å². The van der Waals surface area contributed by atoms with Crippen molar-refractivity contribution < 1.29 is 18.0 Å². The third kappa shape index (κ3) is 5.63. The zero-order valence-electron chi connectivity index (χ0n) is 12.0. The second-order valence-corrected chi connectivity index (χ2v) is 5.20. The van der Waals surface area contributed by atoms with E-state index in [0.29, 0.717) is 12.3 Å². The largest absolute Gasteiger partial charge is 0.418 e. The van der Waals surface area contributed by atoms with Gasteiger partial charge in [-0.15, -0.1) is 0 Å². The quantitative estimate of drug-likeness (QED) is 0.782. The number of carbonyl (C=O) groups is 1. The van der Waals surface area contributed by atoms with Crippen LogP contribution in [0.2, 0.25) is 0 Å². The minimum Gasteiger partial charge on any atom is -0.334 e. The maximum atomic E-state index is 12.8. The van der Waals surface area contributed by atoms with Gasteiger partial charge in [0.15, 0.2) is 0 Å². The fourth-order valence-electron chi connectivity index (χ4n) is 1.97. The molecule has 2 amide bonds. The molecule has 1 atom stereocenters. The van der Waals surface area contributed by atoms with Gasteiger partial charge in [0.05, 0.1) is 11.3 Å². The molecule has 0 saturated carbocycles. The summed E-state index contributed by atoms with van der Waals surface area (Å²) in [6, 6.07) is 3.87. The molecule has 0 heterocycles. The van der Waals surface area contributed by atoms with Crippen molar-refractivity contribution in [3.63, 3.8) is 0 Å². The van der Waals surface area contributed by atoms with Crippen LogP contribution in [0.25, 0.3) is 0 Å². The molecule has 7 heteroatoms. The number of anilines is 1. The van der Waals surface area contributed by atoms with E-state index in [0.717, 1.165) is 6.07 Å². The summed E-state index contributed by atoms with van der Waals surface area (Å²) in [5.41, 5.74) is 4.38. The minimum absolute atomic E-state index is 0.229. The summed E-state index contributed by atoms with van der Waals surface area (Å²) in [4.78, 5) is 11.8. The molecule has 21 heavy (non-hydrogen) atoms. The number of amides is 2. The number of halogens is 3. The van der Waals surface area contributed by atoms with E-state index in [9.17, 15) is 18.0 Å². The normalized spacial score (nSPS) is 13.1. The molecule has 1 rings (SSSR count). The van der Waals surface area contributed by atoms with Crippen molar-refractivity contribution in [3.05, 3.63) is 29.8 Å². The van der Waals surface area contributed by atoms with Crippen molar-refractivity contribution in [3.8, 4) is 0 Å². The van der Waals surface area contributed by atoms with E-state index in [1.54, 1.807) is 0 Å². The predicted molar refractivity (Wildman–Crippen MR) is 75.9 cm³/mol. The standard InChI is InChI=1S/C14H20F3N3O/c1-9(2)7-10(8-18)19-13(21)20-12-6-4-3-5-11(12)14(15,16)17/h3-6,9-10H,7-8,18H2,1-2H3,(H2,19,20,21). The Morgan fingerprint density at radius 3 is 2.43 bits per heavy atom. The minimum atomic E-state index is -4.52. The number of nitrogens with two attached hydrogens (primary N) is 1. The molecule has 0 aromatic heterocycles. The second-order valence-electron chi connectivity index (χ2n) is 5.20. The number of benzene rings is 1. The first-order valence-electron chi connectivity index (χ1n) is 6.67. The first kappa shape index (κ1) is 17.3. The highest BCUT2D eigenvalue weighted by atomic mass is 19.4. The van der Waals surface area contributed by atoms with Crippen molar-refractivity contribution >= 4 is 11.7 Å². The number of para-hydroxylation sites is 1. The molecule has 0 aliphatic heterocycles. The lowest BCUT2D eigenvalue weighted by molar-refractivity contribution is -0.136. The van der Waals surface area contributed by atoms with Crippen LogP contribution >= 0.6 is 0 Å². The average Bonchev–Trinajstić information content (AvgIpc) is 2.36. The van der Waals surface area contributed by atoms with Crippen molar-refractivity contribution in [1.82, 2.24) is 5.32 Å². The van der Waals surface area contributed by atoms with Crippen LogP contribution in [0.5, 0.6) is 0 Å². The molecular weight excluding hydrogens is 283 g/mol. The topological polar surface area (TPSA) is 67.1 Å².